The van der Waals surface area contributed by atoms with E-state index in [0.29, 0.717) is 6.61 Å². The molecule has 0 bridgehead atoms. The van der Waals surface area contributed by atoms with Gasteiger partial charge in [-0.25, -0.2) is 9.78 Å². The Morgan fingerprint density at radius 3 is 2.68 bits per heavy atom. The number of aryl methyl sites for hydroxylation is 1. The second-order valence-corrected chi connectivity index (χ2v) is 5.62. The smallest absolute Gasteiger partial charge is 0.356 e. The van der Waals surface area contributed by atoms with Gasteiger partial charge in [-0.05, 0) is 44.2 Å². The Balaban J connectivity index is 2.13. The van der Waals surface area contributed by atoms with E-state index in [1.165, 1.54) is 7.11 Å². The summed E-state index contributed by atoms with van der Waals surface area (Å²) in [7, 11) is 1.35. The van der Waals surface area contributed by atoms with Gasteiger partial charge in [0.15, 0.2) is 5.69 Å². The highest BCUT2D eigenvalue weighted by atomic mass is 16.5. The predicted octanol–water partition coefficient (Wildman–Crippen LogP) is 4.47. The first-order valence-corrected chi connectivity index (χ1v) is 8.11. The highest BCUT2D eigenvalue weighted by Crippen LogP contribution is 2.32. The van der Waals surface area contributed by atoms with Crippen LogP contribution in [-0.2, 0) is 4.74 Å². The summed E-state index contributed by atoms with van der Waals surface area (Å²) >= 11 is 0. The number of nitrogens with zero attached hydrogens (tertiary/aromatic N) is 1. The molecule has 3 rings (SSSR count). The van der Waals surface area contributed by atoms with Gasteiger partial charge in [-0.3, -0.25) is 0 Å². The number of carbonyl (C=O) groups excluding carboxylic acids is 1. The van der Waals surface area contributed by atoms with Crippen LogP contribution in [0, 0.1) is 6.92 Å². The van der Waals surface area contributed by atoms with Crippen molar-refractivity contribution in [1.29, 1.82) is 0 Å². The lowest BCUT2D eigenvalue weighted by Crippen LogP contribution is -2.06. The van der Waals surface area contributed by atoms with Crippen LogP contribution in [0.1, 0.15) is 23.0 Å². The molecule has 25 heavy (non-hydrogen) atoms. The van der Waals surface area contributed by atoms with Gasteiger partial charge >= 0.3 is 5.97 Å². The van der Waals surface area contributed by atoms with Crippen LogP contribution in [0.4, 0.5) is 11.4 Å². The van der Waals surface area contributed by atoms with Crippen molar-refractivity contribution < 1.29 is 14.3 Å². The molecule has 0 saturated heterocycles. The SMILES string of the molecule is CCOc1ccccc1Nc1cc(C(=O)OC)nc2ccc(C)cc12. The summed E-state index contributed by atoms with van der Waals surface area (Å²) in [6.07, 6.45) is 0. The van der Waals surface area contributed by atoms with Crippen molar-refractivity contribution in [2.24, 2.45) is 0 Å². The van der Waals surface area contributed by atoms with E-state index in [4.69, 9.17) is 9.47 Å². The Morgan fingerprint density at radius 1 is 1.12 bits per heavy atom. The maximum absolute atomic E-state index is 12.0. The molecule has 0 unspecified atom stereocenters. The summed E-state index contributed by atoms with van der Waals surface area (Å²) in [5.74, 6) is 0.283. The van der Waals surface area contributed by atoms with Crippen LogP contribution in [0.25, 0.3) is 10.9 Å². The molecule has 0 atom stereocenters. The van der Waals surface area contributed by atoms with Gasteiger partial charge < -0.3 is 14.8 Å². The molecule has 0 aliphatic rings. The summed E-state index contributed by atoms with van der Waals surface area (Å²) in [6, 6.07) is 15.3. The largest absolute Gasteiger partial charge is 0.492 e. The quantitative estimate of drug-likeness (QED) is 0.697. The summed E-state index contributed by atoms with van der Waals surface area (Å²) in [5, 5.41) is 4.30. The molecule has 1 aromatic heterocycles. The molecule has 5 heteroatoms. The number of aromatic nitrogens is 1. The molecule has 0 amide bonds. The minimum Gasteiger partial charge on any atom is -0.492 e. The Kier molecular flexibility index (Phi) is 4.84. The van der Waals surface area contributed by atoms with Gasteiger partial charge in [0.25, 0.3) is 0 Å². The van der Waals surface area contributed by atoms with E-state index in [9.17, 15) is 4.79 Å². The van der Waals surface area contributed by atoms with E-state index in [-0.39, 0.29) is 5.69 Å². The standard InChI is InChI=1S/C20H20N2O3/c1-4-25-19-8-6-5-7-16(19)22-17-12-18(20(23)24-3)21-15-10-9-13(2)11-14(15)17/h5-12H,4H2,1-3H3,(H,21,22). The molecule has 0 saturated carbocycles. The molecule has 0 fully saturated rings. The van der Waals surface area contributed by atoms with Crippen LogP contribution in [0.5, 0.6) is 5.75 Å². The van der Waals surface area contributed by atoms with E-state index in [1.807, 2.05) is 56.3 Å². The zero-order chi connectivity index (χ0) is 17.8. The third kappa shape index (κ3) is 3.55. The Bertz CT molecular complexity index is 922. The lowest BCUT2D eigenvalue weighted by atomic mass is 10.1. The van der Waals surface area contributed by atoms with Crippen LogP contribution in [0.3, 0.4) is 0 Å². The number of ether oxygens (including phenoxy) is 2. The van der Waals surface area contributed by atoms with Crippen LogP contribution in [0.2, 0.25) is 0 Å². The molecule has 2 aromatic carbocycles. The number of nitrogens with one attached hydrogen (secondary N) is 1. The summed E-state index contributed by atoms with van der Waals surface area (Å²) in [6.45, 7) is 4.53. The first kappa shape index (κ1) is 16.8. The van der Waals surface area contributed by atoms with Gasteiger partial charge in [-0.2, -0.15) is 0 Å². The number of pyridine rings is 1. The Morgan fingerprint density at radius 2 is 1.92 bits per heavy atom. The van der Waals surface area contributed by atoms with Gasteiger partial charge in [0.05, 0.1) is 30.6 Å². The first-order valence-electron chi connectivity index (χ1n) is 8.11. The Hall–Kier alpha value is -3.08. The van der Waals surface area contributed by atoms with Crippen molar-refractivity contribution in [1.82, 2.24) is 4.98 Å². The second kappa shape index (κ2) is 7.21. The number of para-hydroxylation sites is 2. The molecule has 1 N–H and O–H groups in total. The molecular weight excluding hydrogens is 316 g/mol. The first-order chi connectivity index (χ1) is 12.1. The number of hydrogen-bond acceptors (Lipinski definition) is 5. The number of rotatable bonds is 5. The van der Waals surface area contributed by atoms with Crippen molar-refractivity contribution in [3.8, 4) is 5.75 Å². The summed E-state index contributed by atoms with van der Waals surface area (Å²) in [5.41, 5.74) is 3.71. The van der Waals surface area contributed by atoms with Crippen LogP contribution >= 0.6 is 0 Å². The number of methoxy groups -OCH3 is 1. The van der Waals surface area contributed by atoms with Crippen molar-refractivity contribution in [2.75, 3.05) is 19.0 Å². The topological polar surface area (TPSA) is 60.5 Å². The monoisotopic (exact) mass is 336 g/mol. The Labute approximate surface area is 146 Å². The number of fused-ring (bicyclic) bond motifs is 1. The minimum absolute atomic E-state index is 0.259. The van der Waals surface area contributed by atoms with Crippen molar-refractivity contribution in [3.05, 3.63) is 59.8 Å². The molecule has 0 aliphatic carbocycles. The average Bonchev–Trinajstić information content (AvgIpc) is 2.63. The molecule has 3 aromatic rings. The molecule has 5 nitrogen and oxygen atoms in total. The van der Waals surface area contributed by atoms with Gasteiger partial charge in [0.1, 0.15) is 5.75 Å². The third-order valence-electron chi connectivity index (χ3n) is 3.81. The van der Waals surface area contributed by atoms with E-state index in [0.717, 1.165) is 33.6 Å². The lowest BCUT2D eigenvalue weighted by Gasteiger charge is -2.15. The highest BCUT2D eigenvalue weighted by molar-refractivity contribution is 5.99. The highest BCUT2D eigenvalue weighted by Gasteiger charge is 2.14. The van der Waals surface area contributed by atoms with Crippen molar-refractivity contribution in [2.45, 2.75) is 13.8 Å². The number of hydrogen-bond donors (Lipinski definition) is 1. The fraction of sp³-hybridized carbons (Fsp3) is 0.200. The van der Waals surface area contributed by atoms with Crippen LogP contribution in [0.15, 0.2) is 48.5 Å². The van der Waals surface area contributed by atoms with Crippen LogP contribution in [-0.4, -0.2) is 24.7 Å². The summed E-state index contributed by atoms with van der Waals surface area (Å²) in [4.78, 5) is 16.4. The molecular formula is C20H20N2O3. The third-order valence-corrected chi connectivity index (χ3v) is 3.81. The van der Waals surface area contributed by atoms with Gasteiger partial charge in [0, 0.05) is 5.39 Å². The predicted molar refractivity (Wildman–Crippen MR) is 98.7 cm³/mol. The fourth-order valence-corrected chi connectivity index (χ4v) is 2.65. The van der Waals surface area contributed by atoms with Crippen molar-refractivity contribution >= 4 is 28.2 Å². The normalized spacial score (nSPS) is 10.5. The second-order valence-electron chi connectivity index (χ2n) is 5.62. The van der Waals surface area contributed by atoms with E-state index in [2.05, 4.69) is 10.3 Å². The van der Waals surface area contributed by atoms with E-state index < -0.39 is 5.97 Å². The number of anilines is 2. The van der Waals surface area contributed by atoms with Gasteiger partial charge in [0.2, 0.25) is 0 Å². The van der Waals surface area contributed by atoms with E-state index >= 15 is 0 Å². The average molecular weight is 336 g/mol. The summed E-state index contributed by atoms with van der Waals surface area (Å²) < 4.78 is 10.5. The molecule has 0 radical (unpaired) electrons. The molecule has 1 heterocycles. The molecule has 128 valence electrons. The van der Waals surface area contributed by atoms with Crippen LogP contribution < -0.4 is 10.1 Å². The van der Waals surface area contributed by atoms with E-state index in [1.54, 1.807) is 6.07 Å². The van der Waals surface area contributed by atoms with Crippen molar-refractivity contribution in [3.63, 3.8) is 0 Å². The maximum atomic E-state index is 12.0. The number of esters is 1. The minimum atomic E-state index is -0.469. The van der Waals surface area contributed by atoms with Gasteiger partial charge in [-0.1, -0.05) is 23.8 Å². The van der Waals surface area contributed by atoms with Gasteiger partial charge in [-0.15, -0.1) is 0 Å². The number of carbonyl (C=O) groups is 1. The zero-order valence-electron chi connectivity index (χ0n) is 14.5. The molecule has 0 spiro atoms. The fourth-order valence-electron chi connectivity index (χ4n) is 2.65. The zero-order valence-corrected chi connectivity index (χ0v) is 14.5. The lowest BCUT2D eigenvalue weighted by molar-refractivity contribution is 0.0594. The number of benzene rings is 2. The molecule has 0 aliphatic heterocycles. The maximum Gasteiger partial charge on any atom is 0.356 e.